The number of piperidine rings is 1. The normalized spacial score (nSPS) is 19.6. The number of nitrogens with one attached hydrogen (secondary N) is 1. The lowest BCUT2D eigenvalue weighted by molar-refractivity contribution is -0.143. The molecule has 110 valence electrons. The largest absolute Gasteiger partial charge is 0.341 e. The van der Waals surface area contributed by atoms with Gasteiger partial charge < -0.3 is 10.2 Å². The van der Waals surface area contributed by atoms with Crippen LogP contribution in [0.15, 0.2) is 30.3 Å². The Morgan fingerprint density at radius 3 is 2.65 bits per heavy atom. The number of hydrogen-bond acceptors (Lipinski definition) is 2. The van der Waals surface area contributed by atoms with E-state index in [1.165, 1.54) is 12.0 Å². The van der Waals surface area contributed by atoms with Crippen molar-refractivity contribution in [3.8, 4) is 0 Å². The molecule has 0 bridgehead atoms. The van der Waals surface area contributed by atoms with Crippen LogP contribution in [0.4, 0.5) is 0 Å². The molecule has 1 aromatic carbocycles. The van der Waals surface area contributed by atoms with Crippen molar-refractivity contribution in [2.24, 2.45) is 11.3 Å². The number of benzene rings is 1. The molecule has 1 amide bonds. The zero-order chi connectivity index (χ0) is 14.6. The Bertz CT molecular complexity index is 436. The Morgan fingerprint density at radius 1 is 1.35 bits per heavy atom. The Morgan fingerprint density at radius 2 is 2.05 bits per heavy atom. The van der Waals surface area contributed by atoms with E-state index in [0.717, 1.165) is 19.5 Å². The van der Waals surface area contributed by atoms with Gasteiger partial charge in [-0.15, -0.1) is 0 Å². The molecular formula is C17H26N2O. The number of nitrogens with zero attached hydrogens (tertiary/aromatic N) is 1. The maximum absolute atomic E-state index is 12.8. The molecule has 1 aliphatic rings. The number of carbonyl (C=O) groups is 1. The molecule has 0 aliphatic carbocycles. The minimum Gasteiger partial charge on any atom is -0.341 e. The van der Waals surface area contributed by atoms with Crippen LogP contribution < -0.4 is 5.32 Å². The second kappa shape index (κ2) is 6.40. The van der Waals surface area contributed by atoms with Crippen LogP contribution in [0.2, 0.25) is 0 Å². The summed E-state index contributed by atoms with van der Waals surface area (Å²) in [5.41, 5.74) is 0.887. The molecule has 0 spiro atoms. The fourth-order valence-corrected chi connectivity index (χ4v) is 3.06. The van der Waals surface area contributed by atoms with Gasteiger partial charge in [-0.2, -0.15) is 0 Å². The number of carbonyl (C=O) groups excluding carboxylic acids is 1. The predicted octanol–water partition coefficient (Wildman–Crippen LogP) is 2.67. The highest BCUT2D eigenvalue weighted by molar-refractivity contribution is 5.82. The molecule has 3 heteroatoms. The molecule has 1 aliphatic heterocycles. The summed E-state index contributed by atoms with van der Waals surface area (Å²) in [6, 6.07) is 10.2. The van der Waals surface area contributed by atoms with Gasteiger partial charge in [0.05, 0.1) is 0 Å². The van der Waals surface area contributed by atoms with Gasteiger partial charge in [0, 0.05) is 19.0 Å². The van der Waals surface area contributed by atoms with E-state index in [-0.39, 0.29) is 11.3 Å². The molecule has 1 heterocycles. The molecule has 1 fully saturated rings. The van der Waals surface area contributed by atoms with Crippen molar-refractivity contribution >= 4 is 5.91 Å². The van der Waals surface area contributed by atoms with Crippen LogP contribution in [0.3, 0.4) is 0 Å². The average molecular weight is 274 g/mol. The van der Waals surface area contributed by atoms with Gasteiger partial charge in [-0.1, -0.05) is 44.2 Å². The summed E-state index contributed by atoms with van der Waals surface area (Å²) in [4.78, 5) is 14.6. The Labute approximate surface area is 122 Å². The fraction of sp³-hybridized carbons (Fsp3) is 0.588. The third kappa shape index (κ3) is 3.40. The van der Waals surface area contributed by atoms with Gasteiger partial charge in [-0.05, 0) is 37.4 Å². The van der Waals surface area contributed by atoms with Crippen molar-refractivity contribution in [2.45, 2.75) is 33.2 Å². The predicted molar refractivity (Wildman–Crippen MR) is 82.3 cm³/mol. The molecule has 1 saturated heterocycles. The zero-order valence-electron chi connectivity index (χ0n) is 12.9. The molecule has 1 unspecified atom stereocenters. The molecule has 0 radical (unpaired) electrons. The third-order valence-electron chi connectivity index (χ3n) is 4.48. The van der Waals surface area contributed by atoms with Crippen LogP contribution in [-0.2, 0) is 11.3 Å². The first-order chi connectivity index (χ1) is 9.51. The van der Waals surface area contributed by atoms with Crippen molar-refractivity contribution in [3.05, 3.63) is 35.9 Å². The van der Waals surface area contributed by atoms with Crippen LogP contribution in [0.5, 0.6) is 0 Å². The van der Waals surface area contributed by atoms with Crippen molar-refractivity contribution in [2.75, 3.05) is 20.1 Å². The topological polar surface area (TPSA) is 32.3 Å². The molecule has 1 N–H and O–H groups in total. The van der Waals surface area contributed by atoms with E-state index in [1.54, 1.807) is 0 Å². The lowest BCUT2D eigenvalue weighted by Crippen LogP contribution is -2.47. The Kier molecular flexibility index (Phi) is 4.81. The number of hydrogen-bond donors (Lipinski definition) is 1. The van der Waals surface area contributed by atoms with E-state index in [2.05, 4.69) is 31.3 Å². The van der Waals surface area contributed by atoms with Crippen molar-refractivity contribution in [1.82, 2.24) is 10.2 Å². The average Bonchev–Trinajstić information content (AvgIpc) is 2.48. The van der Waals surface area contributed by atoms with Crippen LogP contribution in [0.1, 0.15) is 32.3 Å². The first-order valence-electron chi connectivity index (χ1n) is 7.52. The van der Waals surface area contributed by atoms with Gasteiger partial charge in [0.25, 0.3) is 0 Å². The number of amides is 1. The summed E-state index contributed by atoms with van der Waals surface area (Å²) >= 11 is 0. The van der Waals surface area contributed by atoms with E-state index in [1.807, 2.05) is 30.1 Å². The second-order valence-corrected chi connectivity index (χ2v) is 6.41. The van der Waals surface area contributed by atoms with E-state index in [0.29, 0.717) is 12.5 Å². The SMILES string of the molecule is CN(Cc1ccccc1)C(=O)C(C)(C)C1CCCNC1. The first-order valence-corrected chi connectivity index (χ1v) is 7.52. The molecule has 0 saturated carbocycles. The highest BCUT2D eigenvalue weighted by atomic mass is 16.2. The highest BCUT2D eigenvalue weighted by Gasteiger charge is 2.38. The minimum absolute atomic E-state index is 0.245. The van der Waals surface area contributed by atoms with E-state index in [4.69, 9.17) is 0 Å². The van der Waals surface area contributed by atoms with Crippen molar-refractivity contribution in [1.29, 1.82) is 0 Å². The van der Waals surface area contributed by atoms with Gasteiger partial charge in [-0.25, -0.2) is 0 Å². The Hall–Kier alpha value is -1.35. The second-order valence-electron chi connectivity index (χ2n) is 6.41. The molecular weight excluding hydrogens is 248 g/mol. The summed E-state index contributed by atoms with van der Waals surface area (Å²) in [6.07, 6.45) is 2.31. The van der Waals surface area contributed by atoms with Crippen LogP contribution >= 0.6 is 0 Å². The van der Waals surface area contributed by atoms with Gasteiger partial charge in [0.2, 0.25) is 5.91 Å². The summed E-state index contributed by atoms with van der Waals surface area (Å²) in [5.74, 6) is 0.678. The van der Waals surface area contributed by atoms with Crippen LogP contribution in [-0.4, -0.2) is 30.9 Å². The summed E-state index contributed by atoms with van der Waals surface area (Å²) < 4.78 is 0. The van der Waals surface area contributed by atoms with E-state index in [9.17, 15) is 4.79 Å². The lowest BCUT2D eigenvalue weighted by atomic mass is 9.74. The van der Waals surface area contributed by atoms with E-state index < -0.39 is 0 Å². The maximum Gasteiger partial charge on any atom is 0.228 e. The van der Waals surface area contributed by atoms with E-state index >= 15 is 0 Å². The highest BCUT2D eigenvalue weighted by Crippen LogP contribution is 2.33. The molecule has 1 aromatic rings. The quantitative estimate of drug-likeness (QED) is 0.915. The van der Waals surface area contributed by atoms with Crippen molar-refractivity contribution in [3.63, 3.8) is 0 Å². The van der Waals surface area contributed by atoms with Gasteiger partial charge in [0.1, 0.15) is 0 Å². The summed E-state index contributed by atoms with van der Waals surface area (Å²) in [7, 11) is 1.91. The first kappa shape index (κ1) is 15.0. The van der Waals surface area contributed by atoms with Crippen LogP contribution in [0.25, 0.3) is 0 Å². The molecule has 20 heavy (non-hydrogen) atoms. The lowest BCUT2D eigenvalue weighted by Gasteiger charge is -2.38. The minimum atomic E-state index is -0.295. The smallest absolute Gasteiger partial charge is 0.228 e. The fourth-order valence-electron chi connectivity index (χ4n) is 3.06. The summed E-state index contributed by atoms with van der Waals surface area (Å²) in [6.45, 7) is 6.91. The summed E-state index contributed by atoms with van der Waals surface area (Å²) in [5, 5.41) is 3.41. The molecule has 2 rings (SSSR count). The molecule has 3 nitrogen and oxygen atoms in total. The molecule has 1 atom stereocenters. The zero-order valence-corrected chi connectivity index (χ0v) is 12.9. The molecule has 0 aromatic heterocycles. The van der Waals surface area contributed by atoms with Gasteiger partial charge in [0.15, 0.2) is 0 Å². The maximum atomic E-state index is 12.8. The standard InChI is InChI=1S/C17H26N2O/c1-17(2,15-10-7-11-18-12-15)16(20)19(3)13-14-8-5-4-6-9-14/h4-6,8-9,15,18H,7,10-13H2,1-3H3. The van der Waals surface area contributed by atoms with Crippen LogP contribution in [0, 0.1) is 11.3 Å². The van der Waals surface area contributed by atoms with Gasteiger partial charge in [-0.3, -0.25) is 4.79 Å². The van der Waals surface area contributed by atoms with Crippen molar-refractivity contribution < 1.29 is 4.79 Å². The number of rotatable bonds is 4. The monoisotopic (exact) mass is 274 g/mol. The van der Waals surface area contributed by atoms with Gasteiger partial charge >= 0.3 is 0 Å². The third-order valence-corrected chi connectivity index (χ3v) is 4.48. The Balaban J connectivity index is 2.01.